The van der Waals surface area contributed by atoms with E-state index in [-0.39, 0.29) is 24.4 Å². The maximum atomic E-state index is 12.9. The number of aliphatic hydroxyl groups excluding tert-OH is 1. The zero-order valence-electron chi connectivity index (χ0n) is 11.6. The van der Waals surface area contributed by atoms with Crippen LogP contribution < -0.4 is 10.1 Å². The van der Waals surface area contributed by atoms with E-state index in [4.69, 9.17) is 4.74 Å². The van der Waals surface area contributed by atoms with E-state index < -0.39 is 0 Å². The van der Waals surface area contributed by atoms with Crippen molar-refractivity contribution in [3.8, 4) is 5.75 Å². The highest BCUT2D eigenvalue weighted by Gasteiger charge is 2.19. The molecule has 116 valence electrons. The van der Waals surface area contributed by atoms with E-state index in [2.05, 4.69) is 21.2 Å². The van der Waals surface area contributed by atoms with Crippen molar-refractivity contribution in [3.05, 3.63) is 28.5 Å². The number of hydrogen-bond acceptors (Lipinski definition) is 3. The highest BCUT2D eigenvalue weighted by Crippen LogP contribution is 2.25. The van der Waals surface area contributed by atoms with Gasteiger partial charge in [-0.15, -0.1) is 0 Å². The van der Waals surface area contributed by atoms with Gasteiger partial charge in [-0.25, -0.2) is 4.39 Å². The van der Waals surface area contributed by atoms with Gasteiger partial charge >= 0.3 is 0 Å². The smallest absolute Gasteiger partial charge is 0.257 e. The highest BCUT2D eigenvalue weighted by atomic mass is 79.9. The Morgan fingerprint density at radius 2 is 2.10 bits per heavy atom. The van der Waals surface area contributed by atoms with Crippen LogP contribution in [0.4, 0.5) is 4.39 Å². The average Bonchev–Trinajstić information content (AvgIpc) is 2.46. The average molecular weight is 360 g/mol. The third-order valence-electron chi connectivity index (χ3n) is 3.66. The molecule has 0 spiro atoms. The summed E-state index contributed by atoms with van der Waals surface area (Å²) in [6, 6.07) is 4.06. The third kappa shape index (κ3) is 5.28. The fourth-order valence-electron chi connectivity index (χ4n) is 2.39. The van der Waals surface area contributed by atoms with Crippen molar-refractivity contribution in [3.63, 3.8) is 0 Å². The Kier molecular flexibility index (Phi) is 5.99. The molecule has 2 N–H and O–H groups in total. The molecule has 0 aromatic heterocycles. The van der Waals surface area contributed by atoms with Crippen molar-refractivity contribution in [2.75, 3.05) is 13.2 Å². The van der Waals surface area contributed by atoms with Gasteiger partial charge in [0, 0.05) is 6.54 Å². The van der Waals surface area contributed by atoms with E-state index >= 15 is 0 Å². The van der Waals surface area contributed by atoms with E-state index in [9.17, 15) is 14.3 Å². The van der Waals surface area contributed by atoms with Crippen LogP contribution in [0.5, 0.6) is 5.75 Å². The van der Waals surface area contributed by atoms with Crippen molar-refractivity contribution in [1.82, 2.24) is 5.32 Å². The Morgan fingerprint density at radius 3 is 2.76 bits per heavy atom. The van der Waals surface area contributed by atoms with Gasteiger partial charge in [0.05, 0.1) is 10.6 Å². The van der Waals surface area contributed by atoms with Crippen molar-refractivity contribution in [2.45, 2.75) is 31.8 Å². The summed E-state index contributed by atoms with van der Waals surface area (Å²) in [5, 5.41) is 12.3. The zero-order valence-corrected chi connectivity index (χ0v) is 13.2. The summed E-state index contributed by atoms with van der Waals surface area (Å²) in [5.41, 5.74) is 0. The van der Waals surface area contributed by atoms with Crippen LogP contribution in [0.2, 0.25) is 0 Å². The Bertz CT molecular complexity index is 490. The molecule has 1 aliphatic carbocycles. The molecule has 21 heavy (non-hydrogen) atoms. The SMILES string of the molecule is O=C(COc1ccc(F)cc1Br)NCC1CCC(O)CC1. The fourth-order valence-corrected chi connectivity index (χ4v) is 2.86. The first-order valence-electron chi connectivity index (χ1n) is 7.07. The van der Waals surface area contributed by atoms with Crippen LogP contribution in [0.15, 0.2) is 22.7 Å². The molecule has 1 aromatic rings. The number of carbonyl (C=O) groups excluding carboxylic acids is 1. The normalized spacial score (nSPS) is 21.9. The Balaban J connectivity index is 1.70. The quantitative estimate of drug-likeness (QED) is 0.849. The molecule has 1 amide bonds. The van der Waals surface area contributed by atoms with E-state index in [1.54, 1.807) is 0 Å². The first kappa shape index (κ1) is 16.2. The van der Waals surface area contributed by atoms with E-state index in [1.165, 1.54) is 18.2 Å². The predicted octanol–water partition coefficient (Wildman–Crippen LogP) is 2.63. The molecule has 1 aromatic carbocycles. The molecule has 0 heterocycles. The van der Waals surface area contributed by atoms with Gasteiger partial charge < -0.3 is 15.2 Å². The lowest BCUT2D eigenvalue weighted by molar-refractivity contribution is -0.123. The van der Waals surface area contributed by atoms with Gasteiger partial charge in [0.15, 0.2) is 6.61 Å². The summed E-state index contributed by atoms with van der Waals surface area (Å²) >= 11 is 3.18. The molecule has 6 heteroatoms. The van der Waals surface area contributed by atoms with E-state index in [0.29, 0.717) is 22.7 Å². The van der Waals surface area contributed by atoms with Crippen molar-refractivity contribution in [2.24, 2.45) is 5.92 Å². The second-order valence-corrected chi connectivity index (χ2v) is 6.20. The minimum atomic E-state index is -0.363. The summed E-state index contributed by atoms with van der Waals surface area (Å²) < 4.78 is 18.7. The largest absolute Gasteiger partial charge is 0.483 e. The second kappa shape index (κ2) is 7.75. The zero-order chi connectivity index (χ0) is 15.2. The van der Waals surface area contributed by atoms with E-state index in [1.807, 2.05) is 0 Å². The molecular formula is C15H19BrFNO3. The van der Waals surface area contributed by atoms with Crippen molar-refractivity contribution < 1.29 is 19.0 Å². The van der Waals surface area contributed by atoms with Crippen LogP contribution in [-0.4, -0.2) is 30.3 Å². The maximum absolute atomic E-state index is 12.9. The summed E-state index contributed by atoms with van der Waals surface area (Å²) in [7, 11) is 0. The van der Waals surface area contributed by atoms with E-state index in [0.717, 1.165) is 25.7 Å². The summed E-state index contributed by atoms with van der Waals surface area (Å²) in [6.45, 7) is 0.513. The molecule has 1 aliphatic rings. The number of nitrogens with one attached hydrogen (secondary N) is 1. The number of halogens is 2. The molecule has 4 nitrogen and oxygen atoms in total. The van der Waals surface area contributed by atoms with Crippen LogP contribution >= 0.6 is 15.9 Å². The third-order valence-corrected chi connectivity index (χ3v) is 4.28. The predicted molar refractivity (Wildman–Crippen MR) is 80.6 cm³/mol. The Labute approximate surface area is 131 Å². The van der Waals surface area contributed by atoms with Crippen LogP contribution in [0.3, 0.4) is 0 Å². The molecule has 2 rings (SSSR count). The van der Waals surface area contributed by atoms with Gasteiger partial charge in [-0.3, -0.25) is 4.79 Å². The minimum Gasteiger partial charge on any atom is -0.483 e. The molecule has 1 fully saturated rings. The summed E-state index contributed by atoms with van der Waals surface area (Å²) in [5.74, 6) is 0.303. The Hall–Kier alpha value is -1.14. The van der Waals surface area contributed by atoms with Crippen LogP contribution in [0.1, 0.15) is 25.7 Å². The number of aliphatic hydroxyl groups is 1. The molecule has 0 saturated heterocycles. The molecule has 0 radical (unpaired) electrons. The fraction of sp³-hybridized carbons (Fsp3) is 0.533. The number of benzene rings is 1. The monoisotopic (exact) mass is 359 g/mol. The second-order valence-electron chi connectivity index (χ2n) is 5.34. The highest BCUT2D eigenvalue weighted by molar-refractivity contribution is 9.10. The minimum absolute atomic E-state index is 0.0976. The molecular weight excluding hydrogens is 341 g/mol. The van der Waals surface area contributed by atoms with Crippen LogP contribution in [0, 0.1) is 11.7 Å². The number of carbonyl (C=O) groups is 1. The first-order chi connectivity index (χ1) is 10.0. The molecule has 0 bridgehead atoms. The lowest BCUT2D eigenvalue weighted by Gasteiger charge is -2.25. The number of hydrogen-bond donors (Lipinski definition) is 2. The lowest BCUT2D eigenvalue weighted by Crippen LogP contribution is -2.35. The van der Waals surface area contributed by atoms with Crippen LogP contribution in [-0.2, 0) is 4.79 Å². The van der Waals surface area contributed by atoms with Gasteiger partial charge in [-0.05, 0) is 65.7 Å². The molecule has 1 saturated carbocycles. The van der Waals surface area contributed by atoms with Gasteiger partial charge in [0.25, 0.3) is 5.91 Å². The van der Waals surface area contributed by atoms with Crippen molar-refractivity contribution in [1.29, 1.82) is 0 Å². The van der Waals surface area contributed by atoms with Gasteiger partial charge in [0.1, 0.15) is 11.6 Å². The molecule has 0 aliphatic heterocycles. The molecule has 0 unspecified atom stereocenters. The Morgan fingerprint density at radius 1 is 1.38 bits per heavy atom. The standard InChI is InChI=1S/C15H19BrFNO3/c16-13-7-11(17)3-6-14(13)21-9-15(20)18-8-10-1-4-12(19)5-2-10/h3,6-7,10,12,19H,1-2,4-5,8-9H2,(H,18,20). The topological polar surface area (TPSA) is 58.6 Å². The van der Waals surface area contributed by atoms with Gasteiger partial charge in [-0.1, -0.05) is 0 Å². The number of ether oxygens (including phenoxy) is 1. The van der Waals surface area contributed by atoms with Crippen molar-refractivity contribution >= 4 is 21.8 Å². The van der Waals surface area contributed by atoms with Gasteiger partial charge in [0.2, 0.25) is 0 Å². The first-order valence-corrected chi connectivity index (χ1v) is 7.86. The number of rotatable bonds is 5. The van der Waals surface area contributed by atoms with Crippen LogP contribution in [0.25, 0.3) is 0 Å². The maximum Gasteiger partial charge on any atom is 0.257 e. The molecule has 0 atom stereocenters. The lowest BCUT2D eigenvalue weighted by atomic mass is 9.87. The summed E-state index contributed by atoms with van der Waals surface area (Å²) in [6.07, 6.45) is 3.30. The van der Waals surface area contributed by atoms with Gasteiger partial charge in [-0.2, -0.15) is 0 Å². The summed E-state index contributed by atoms with van der Waals surface area (Å²) in [4.78, 5) is 11.7. The number of amides is 1.